The average molecular weight is 274 g/mol. The molecule has 0 spiro atoms. The number of esters is 2. The molecule has 0 aliphatic heterocycles. The second-order valence-electron chi connectivity index (χ2n) is 4.24. The van der Waals surface area contributed by atoms with Crippen LogP contribution in [0.25, 0.3) is 0 Å². The highest BCUT2D eigenvalue weighted by molar-refractivity contribution is 5.90. The van der Waals surface area contributed by atoms with Crippen LogP contribution in [-0.2, 0) is 19.1 Å². The number of hydrogen-bond donors (Lipinski definition) is 4. The summed E-state index contributed by atoms with van der Waals surface area (Å²) in [7, 11) is 0. The van der Waals surface area contributed by atoms with Crippen molar-refractivity contribution in [3.8, 4) is 0 Å². The van der Waals surface area contributed by atoms with Crippen molar-refractivity contribution >= 4 is 17.8 Å². The summed E-state index contributed by atoms with van der Waals surface area (Å²) in [6.07, 6.45) is 1.79. The third-order valence-electron chi connectivity index (χ3n) is 2.48. The van der Waals surface area contributed by atoms with Crippen LogP contribution in [0.4, 0.5) is 0 Å². The molecule has 0 fully saturated rings. The van der Waals surface area contributed by atoms with Gasteiger partial charge in [-0.25, -0.2) is 9.59 Å². The Morgan fingerprint density at radius 3 is 1.95 bits per heavy atom. The zero-order valence-electron chi connectivity index (χ0n) is 10.8. The highest BCUT2D eigenvalue weighted by Crippen LogP contribution is 2.02. The van der Waals surface area contributed by atoms with E-state index in [0.717, 1.165) is 6.42 Å². The predicted octanol–water partition coefficient (Wildman–Crippen LogP) is -1.89. The Balaban J connectivity index is 4.02. The number of carbonyl (C=O) groups is 3. The molecular formula is C11H22N4O4. The number of unbranched alkanes of at least 4 members (excludes halogenated alkanes) is 1. The summed E-state index contributed by atoms with van der Waals surface area (Å²) in [5.74, 6) is -2.30. The topological polar surface area (TPSA) is 165 Å². The third kappa shape index (κ3) is 8.25. The molecule has 19 heavy (non-hydrogen) atoms. The van der Waals surface area contributed by atoms with E-state index in [0.29, 0.717) is 19.4 Å². The molecule has 0 saturated carbocycles. The Kier molecular flexibility index (Phi) is 8.68. The van der Waals surface area contributed by atoms with Crippen LogP contribution in [0.1, 0.15) is 32.1 Å². The molecule has 0 aliphatic rings. The molecule has 0 aromatic heterocycles. The lowest BCUT2D eigenvalue weighted by atomic mass is 10.1. The van der Waals surface area contributed by atoms with Crippen molar-refractivity contribution in [1.82, 2.24) is 0 Å². The van der Waals surface area contributed by atoms with Gasteiger partial charge in [-0.05, 0) is 25.8 Å². The van der Waals surface area contributed by atoms with Gasteiger partial charge in [0.15, 0.2) is 0 Å². The summed E-state index contributed by atoms with van der Waals surface area (Å²) < 4.78 is 4.53. The first-order valence-electron chi connectivity index (χ1n) is 6.13. The molecule has 0 aromatic carbocycles. The summed E-state index contributed by atoms with van der Waals surface area (Å²) in [6, 6.07) is -1.94. The molecule has 8 heteroatoms. The van der Waals surface area contributed by atoms with Gasteiger partial charge in [0, 0.05) is 6.42 Å². The maximum Gasteiger partial charge on any atom is 0.330 e. The van der Waals surface area contributed by atoms with Crippen LogP contribution in [0.3, 0.4) is 0 Å². The molecular weight excluding hydrogens is 252 g/mol. The number of hydrogen-bond acceptors (Lipinski definition) is 7. The fraction of sp³-hybridized carbons (Fsp3) is 0.727. The lowest BCUT2D eigenvalue weighted by Gasteiger charge is -2.12. The standard InChI is InChI=1S/C11H22N4O4/c12-6-2-1-3-7(13)10(17)19-11(18)8(14)4-5-9(15)16/h7-8H,1-6,12-14H2,(H2,15,16)/t7-,8-/m0/s1. The van der Waals surface area contributed by atoms with Gasteiger partial charge in [0.25, 0.3) is 0 Å². The van der Waals surface area contributed by atoms with Gasteiger partial charge in [0.1, 0.15) is 12.1 Å². The van der Waals surface area contributed by atoms with Gasteiger partial charge in [-0.3, -0.25) is 4.79 Å². The number of nitrogens with two attached hydrogens (primary N) is 4. The smallest absolute Gasteiger partial charge is 0.330 e. The fourth-order valence-corrected chi connectivity index (χ4v) is 1.29. The van der Waals surface area contributed by atoms with Crippen LogP contribution in [0, 0.1) is 0 Å². The highest BCUT2D eigenvalue weighted by atomic mass is 16.6. The van der Waals surface area contributed by atoms with Crippen LogP contribution in [0.5, 0.6) is 0 Å². The van der Waals surface area contributed by atoms with Crippen molar-refractivity contribution < 1.29 is 19.1 Å². The molecule has 8 N–H and O–H groups in total. The van der Waals surface area contributed by atoms with Gasteiger partial charge >= 0.3 is 11.9 Å². The van der Waals surface area contributed by atoms with Gasteiger partial charge < -0.3 is 27.7 Å². The summed E-state index contributed by atoms with van der Waals surface area (Å²) in [6.45, 7) is 0.513. The highest BCUT2D eigenvalue weighted by Gasteiger charge is 2.23. The molecule has 110 valence electrons. The maximum absolute atomic E-state index is 11.4. The minimum absolute atomic E-state index is 0.0316. The van der Waals surface area contributed by atoms with Crippen molar-refractivity contribution in [3.63, 3.8) is 0 Å². The quantitative estimate of drug-likeness (QED) is 0.216. The lowest BCUT2D eigenvalue weighted by molar-refractivity contribution is -0.161. The zero-order chi connectivity index (χ0) is 14.8. The second-order valence-corrected chi connectivity index (χ2v) is 4.24. The molecule has 0 unspecified atom stereocenters. The SMILES string of the molecule is NCCCC[C@H](N)C(=O)OC(=O)[C@@H](N)CCC(N)=O. The summed E-state index contributed by atoms with van der Waals surface area (Å²) in [4.78, 5) is 33.4. The molecule has 0 aliphatic carbocycles. The van der Waals surface area contributed by atoms with Crippen LogP contribution in [0.2, 0.25) is 0 Å². The summed E-state index contributed by atoms with van der Waals surface area (Å²) >= 11 is 0. The monoisotopic (exact) mass is 274 g/mol. The van der Waals surface area contributed by atoms with Crippen molar-refractivity contribution in [1.29, 1.82) is 0 Å². The molecule has 0 aromatic rings. The number of primary amides is 1. The lowest BCUT2D eigenvalue weighted by Crippen LogP contribution is -2.40. The molecule has 0 rings (SSSR count). The van der Waals surface area contributed by atoms with Crippen molar-refractivity contribution in [2.24, 2.45) is 22.9 Å². The van der Waals surface area contributed by atoms with E-state index in [2.05, 4.69) is 4.74 Å². The predicted molar refractivity (Wildman–Crippen MR) is 68.4 cm³/mol. The van der Waals surface area contributed by atoms with E-state index in [1.54, 1.807) is 0 Å². The van der Waals surface area contributed by atoms with Gasteiger partial charge in [-0.15, -0.1) is 0 Å². The van der Waals surface area contributed by atoms with Gasteiger partial charge in [0.2, 0.25) is 5.91 Å². The minimum atomic E-state index is -1.06. The van der Waals surface area contributed by atoms with E-state index in [4.69, 9.17) is 22.9 Å². The molecule has 0 bridgehead atoms. The first-order valence-corrected chi connectivity index (χ1v) is 6.13. The second kappa shape index (κ2) is 9.42. The van der Waals surface area contributed by atoms with Crippen LogP contribution >= 0.6 is 0 Å². The number of carbonyl (C=O) groups excluding carboxylic acids is 3. The zero-order valence-corrected chi connectivity index (χ0v) is 10.8. The molecule has 8 nitrogen and oxygen atoms in total. The fourth-order valence-electron chi connectivity index (χ4n) is 1.29. The minimum Gasteiger partial charge on any atom is -0.391 e. The van der Waals surface area contributed by atoms with E-state index in [1.165, 1.54) is 0 Å². The van der Waals surface area contributed by atoms with Gasteiger partial charge in [-0.1, -0.05) is 6.42 Å². The van der Waals surface area contributed by atoms with E-state index in [-0.39, 0.29) is 12.8 Å². The van der Waals surface area contributed by atoms with E-state index >= 15 is 0 Å². The Morgan fingerprint density at radius 2 is 1.47 bits per heavy atom. The largest absolute Gasteiger partial charge is 0.391 e. The van der Waals surface area contributed by atoms with Crippen molar-refractivity contribution in [2.75, 3.05) is 6.54 Å². The van der Waals surface area contributed by atoms with E-state index in [1.807, 2.05) is 0 Å². The molecule has 0 saturated heterocycles. The van der Waals surface area contributed by atoms with E-state index < -0.39 is 29.9 Å². The molecule has 2 atom stereocenters. The Labute approximate surface area is 111 Å². The molecule has 0 heterocycles. The summed E-state index contributed by atoms with van der Waals surface area (Å²) in [5, 5.41) is 0. The number of amides is 1. The maximum atomic E-state index is 11.4. The van der Waals surface area contributed by atoms with E-state index in [9.17, 15) is 14.4 Å². The Hall–Kier alpha value is -1.51. The number of ether oxygens (including phenoxy) is 1. The van der Waals surface area contributed by atoms with Crippen molar-refractivity contribution in [3.05, 3.63) is 0 Å². The van der Waals surface area contributed by atoms with Crippen LogP contribution in [0.15, 0.2) is 0 Å². The Morgan fingerprint density at radius 1 is 0.947 bits per heavy atom. The molecule has 0 radical (unpaired) electrons. The van der Waals surface area contributed by atoms with Crippen LogP contribution in [-0.4, -0.2) is 36.5 Å². The third-order valence-corrected chi connectivity index (χ3v) is 2.48. The Bertz CT molecular complexity index is 322. The van der Waals surface area contributed by atoms with Crippen LogP contribution < -0.4 is 22.9 Å². The first kappa shape index (κ1) is 17.5. The average Bonchev–Trinajstić information content (AvgIpc) is 2.35. The first-order chi connectivity index (χ1) is 8.88. The van der Waals surface area contributed by atoms with Crippen molar-refractivity contribution in [2.45, 2.75) is 44.2 Å². The van der Waals surface area contributed by atoms with Gasteiger partial charge in [-0.2, -0.15) is 0 Å². The van der Waals surface area contributed by atoms with Gasteiger partial charge in [0.05, 0.1) is 0 Å². The number of rotatable bonds is 9. The molecule has 1 amide bonds. The normalized spacial score (nSPS) is 13.6. The summed E-state index contributed by atoms with van der Waals surface area (Å²) in [5.41, 5.74) is 21.2.